The minimum absolute atomic E-state index is 0.146. The van der Waals surface area contributed by atoms with E-state index in [0.717, 1.165) is 17.9 Å². The van der Waals surface area contributed by atoms with Crippen LogP contribution in [0.3, 0.4) is 0 Å². The molecular weight excluding hydrogens is 284 g/mol. The van der Waals surface area contributed by atoms with E-state index in [1.165, 1.54) is 32.1 Å². The second-order valence-corrected chi connectivity index (χ2v) is 7.11. The summed E-state index contributed by atoms with van der Waals surface area (Å²) in [6.45, 7) is 0.267. The molecule has 3 N–H and O–H groups in total. The SMILES string of the molecule is O=C(NCC(O)c1ccsc1)NC1CC1C1CCCCC1. The molecule has 3 unspecified atom stereocenters. The van der Waals surface area contributed by atoms with Crippen LogP contribution in [-0.4, -0.2) is 23.7 Å². The summed E-state index contributed by atoms with van der Waals surface area (Å²) in [6.07, 6.45) is 7.27. The van der Waals surface area contributed by atoms with Gasteiger partial charge in [-0.1, -0.05) is 32.1 Å². The average Bonchev–Trinajstić information content (AvgIpc) is 3.04. The molecule has 116 valence electrons. The van der Waals surface area contributed by atoms with Gasteiger partial charge in [-0.2, -0.15) is 11.3 Å². The Labute approximate surface area is 129 Å². The minimum atomic E-state index is -0.615. The predicted octanol–water partition coefficient (Wildman–Crippen LogP) is 3.05. The van der Waals surface area contributed by atoms with Crippen LogP contribution in [0.25, 0.3) is 0 Å². The molecule has 0 radical (unpaired) electrons. The van der Waals surface area contributed by atoms with Gasteiger partial charge in [0, 0.05) is 12.6 Å². The first kappa shape index (κ1) is 14.9. The normalized spacial score (nSPS) is 27.1. The van der Waals surface area contributed by atoms with Crippen LogP contribution in [0, 0.1) is 11.8 Å². The van der Waals surface area contributed by atoms with E-state index in [-0.39, 0.29) is 12.6 Å². The summed E-state index contributed by atoms with van der Waals surface area (Å²) in [4.78, 5) is 11.9. The number of carbonyl (C=O) groups is 1. The number of rotatable bonds is 5. The Morgan fingerprint density at radius 2 is 2.19 bits per heavy atom. The average molecular weight is 308 g/mol. The van der Waals surface area contributed by atoms with Crippen LogP contribution in [0.15, 0.2) is 16.8 Å². The number of hydrogen-bond acceptors (Lipinski definition) is 3. The first-order valence-corrected chi connectivity index (χ1v) is 8.93. The zero-order chi connectivity index (χ0) is 14.7. The van der Waals surface area contributed by atoms with E-state index in [1.807, 2.05) is 16.8 Å². The van der Waals surface area contributed by atoms with Gasteiger partial charge in [-0.25, -0.2) is 4.79 Å². The lowest BCUT2D eigenvalue weighted by Crippen LogP contribution is -2.39. The van der Waals surface area contributed by atoms with Gasteiger partial charge in [0.15, 0.2) is 0 Å². The van der Waals surface area contributed by atoms with Crippen molar-refractivity contribution in [1.82, 2.24) is 10.6 Å². The molecule has 0 saturated heterocycles. The fraction of sp³-hybridized carbons (Fsp3) is 0.688. The van der Waals surface area contributed by atoms with Gasteiger partial charge in [-0.05, 0) is 40.6 Å². The van der Waals surface area contributed by atoms with Crippen LogP contribution in [0.4, 0.5) is 4.79 Å². The summed E-state index contributed by atoms with van der Waals surface area (Å²) in [5, 5.41) is 19.6. The molecule has 4 nitrogen and oxygen atoms in total. The number of urea groups is 1. The molecule has 0 aliphatic heterocycles. The molecule has 21 heavy (non-hydrogen) atoms. The van der Waals surface area contributed by atoms with Gasteiger partial charge in [0.05, 0.1) is 6.10 Å². The fourth-order valence-corrected chi connectivity index (χ4v) is 4.16. The molecule has 3 atom stereocenters. The number of aliphatic hydroxyl groups excluding tert-OH is 1. The largest absolute Gasteiger partial charge is 0.387 e. The maximum absolute atomic E-state index is 11.9. The Balaban J connectivity index is 1.35. The third-order valence-corrected chi connectivity index (χ3v) is 5.50. The van der Waals surface area contributed by atoms with Crippen LogP contribution in [-0.2, 0) is 0 Å². The summed E-state index contributed by atoms with van der Waals surface area (Å²) in [5.41, 5.74) is 0.867. The molecular formula is C16H24N2O2S. The molecule has 2 aliphatic carbocycles. The molecule has 1 aromatic rings. The molecule has 2 fully saturated rings. The van der Waals surface area contributed by atoms with Crippen molar-refractivity contribution in [1.29, 1.82) is 0 Å². The number of carbonyl (C=O) groups excluding carboxylic acids is 1. The number of aliphatic hydroxyl groups is 1. The van der Waals surface area contributed by atoms with Gasteiger partial charge in [0.2, 0.25) is 0 Å². The Kier molecular flexibility index (Phi) is 4.80. The third-order valence-electron chi connectivity index (χ3n) is 4.80. The summed E-state index contributed by atoms with van der Waals surface area (Å²) < 4.78 is 0. The standard InChI is InChI=1S/C16H24N2O2S/c19-15(12-6-7-21-10-12)9-17-16(20)18-14-8-13(14)11-4-2-1-3-5-11/h6-7,10-11,13-15,19H,1-5,8-9H2,(H2,17,18,20). The number of hydrogen-bond donors (Lipinski definition) is 3. The van der Waals surface area contributed by atoms with Crippen molar-refractivity contribution in [3.63, 3.8) is 0 Å². The molecule has 0 spiro atoms. The Hall–Kier alpha value is -1.07. The van der Waals surface area contributed by atoms with Crippen molar-refractivity contribution in [3.05, 3.63) is 22.4 Å². The molecule has 2 aliphatic rings. The maximum Gasteiger partial charge on any atom is 0.315 e. The van der Waals surface area contributed by atoms with Crippen LogP contribution >= 0.6 is 11.3 Å². The fourth-order valence-electron chi connectivity index (χ4n) is 3.46. The molecule has 1 aromatic heterocycles. The highest BCUT2D eigenvalue weighted by molar-refractivity contribution is 7.07. The van der Waals surface area contributed by atoms with Gasteiger partial charge >= 0.3 is 6.03 Å². The van der Waals surface area contributed by atoms with E-state index in [1.54, 1.807) is 11.3 Å². The van der Waals surface area contributed by atoms with Crippen molar-refractivity contribution >= 4 is 17.4 Å². The lowest BCUT2D eigenvalue weighted by molar-refractivity contribution is 0.173. The quantitative estimate of drug-likeness (QED) is 0.783. The van der Waals surface area contributed by atoms with E-state index in [0.29, 0.717) is 12.0 Å². The van der Waals surface area contributed by atoms with Gasteiger partial charge in [0.1, 0.15) is 0 Å². The highest BCUT2D eigenvalue weighted by Gasteiger charge is 2.43. The van der Waals surface area contributed by atoms with Crippen LogP contribution < -0.4 is 10.6 Å². The van der Waals surface area contributed by atoms with E-state index in [2.05, 4.69) is 10.6 Å². The molecule has 0 bridgehead atoms. The number of thiophene rings is 1. The number of amides is 2. The Morgan fingerprint density at radius 1 is 1.38 bits per heavy atom. The van der Waals surface area contributed by atoms with Crippen LogP contribution in [0.2, 0.25) is 0 Å². The molecule has 2 amide bonds. The highest BCUT2D eigenvalue weighted by Crippen LogP contribution is 2.44. The number of nitrogens with one attached hydrogen (secondary N) is 2. The topological polar surface area (TPSA) is 61.4 Å². The van der Waals surface area contributed by atoms with Gasteiger partial charge < -0.3 is 15.7 Å². The van der Waals surface area contributed by atoms with Crippen LogP contribution in [0.1, 0.15) is 50.2 Å². The van der Waals surface area contributed by atoms with Crippen molar-refractivity contribution in [2.45, 2.75) is 50.7 Å². The zero-order valence-corrected chi connectivity index (χ0v) is 13.1. The van der Waals surface area contributed by atoms with Gasteiger partial charge in [0.25, 0.3) is 0 Å². The summed E-state index contributed by atoms with van der Waals surface area (Å²) in [6, 6.07) is 2.09. The van der Waals surface area contributed by atoms with Crippen molar-refractivity contribution in [2.24, 2.45) is 11.8 Å². The predicted molar refractivity (Wildman–Crippen MR) is 84.3 cm³/mol. The minimum Gasteiger partial charge on any atom is -0.387 e. The van der Waals surface area contributed by atoms with Crippen molar-refractivity contribution in [3.8, 4) is 0 Å². The molecule has 2 saturated carbocycles. The molecule has 1 heterocycles. The highest BCUT2D eigenvalue weighted by atomic mass is 32.1. The molecule has 5 heteroatoms. The lowest BCUT2D eigenvalue weighted by atomic mass is 9.85. The molecule has 0 aromatic carbocycles. The van der Waals surface area contributed by atoms with Gasteiger partial charge in [-0.3, -0.25) is 0 Å². The second-order valence-electron chi connectivity index (χ2n) is 6.33. The Bertz CT molecular complexity index is 457. The third kappa shape index (κ3) is 3.98. The monoisotopic (exact) mass is 308 g/mol. The first-order chi connectivity index (χ1) is 10.2. The van der Waals surface area contributed by atoms with Crippen LogP contribution in [0.5, 0.6) is 0 Å². The maximum atomic E-state index is 11.9. The Morgan fingerprint density at radius 3 is 2.90 bits per heavy atom. The van der Waals surface area contributed by atoms with E-state index < -0.39 is 6.10 Å². The summed E-state index contributed by atoms with van der Waals surface area (Å²) in [7, 11) is 0. The van der Waals surface area contributed by atoms with E-state index in [4.69, 9.17) is 0 Å². The first-order valence-electron chi connectivity index (χ1n) is 7.98. The second kappa shape index (κ2) is 6.79. The van der Waals surface area contributed by atoms with Crippen molar-refractivity contribution in [2.75, 3.05) is 6.54 Å². The zero-order valence-electron chi connectivity index (χ0n) is 12.3. The summed E-state index contributed by atoms with van der Waals surface area (Å²) in [5.74, 6) is 1.51. The molecule has 3 rings (SSSR count). The van der Waals surface area contributed by atoms with Gasteiger partial charge in [-0.15, -0.1) is 0 Å². The lowest BCUT2D eigenvalue weighted by Gasteiger charge is -2.21. The summed E-state index contributed by atoms with van der Waals surface area (Å²) >= 11 is 1.55. The smallest absolute Gasteiger partial charge is 0.315 e. The van der Waals surface area contributed by atoms with E-state index >= 15 is 0 Å². The van der Waals surface area contributed by atoms with Crippen molar-refractivity contribution < 1.29 is 9.90 Å². The van der Waals surface area contributed by atoms with E-state index in [9.17, 15) is 9.90 Å².